The summed E-state index contributed by atoms with van der Waals surface area (Å²) in [7, 11) is -1.43. The molecule has 0 aliphatic carbocycles. The molecule has 0 aromatic rings. The molecule has 1 aliphatic heterocycles. The maximum absolute atomic E-state index is 11.7. The molecular formula is C9H18N2O3S. The minimum atomic E-state index is -3.26. The van der Waals surface area contributed by atoms with Crippen LogP contribution < -0.4 is 5.32 Å². The lowest BCUT2D eigenvalue weighted by molar-refractivity contribution is -0.121. The molecule has 6 heteroatoms. The molecule has 0 aromatic carbocycles. The average molecular weight is 234 g/mol. The van der Waals surface area contributed by atoms with Gasteiger partial charge in [-0.2, -0.15) is 0 Å². The van der Waals surface area contributed by atoms with E-state index in [1.165, 1.54) is 0 Å². The van der Waals surface area contributed by atoms with Crippen molar-refractivity contribution in [3.8, 4) is 0 Å². The maximum atomic E-state index is 11.7. The first-order valence-corrected chi connectivity index (χ1v) is 6.75. The Morgan fingerprint density at radius 1 is 1.47 bits per heavy atom. The van der Waals surface area contributed by atoms with Crippen LogP contribution >= 0.6 is 0 Å². The quantitative estimate of drug-likeness (QED) is 0.682. The minimum absolute atomic E-state index is 0.0278. The van der Waals surface area contributed by atoms with Gasteiger partial charge in [0.25, 0.3) is 0 Å². The van der Waals surface area contributed by atoms with Gasteiger partial charge in [0.1, 0.15) is 0 Å². The highest BCUT2D eigenvalue weighted by atomic mass is 32.2. The number of carbonyl (C=O) groups excluding carboxylic acids is 1. The fraction of sp³-hybridized carbons (Fsp3) is 0.889. The second kappa shape index (κ2) is 4.49. The van der Waals surface area contributed by atoms with E-state index >= 15 is 0 Å². The lowest BCUT2D eigenvalue weighted by Crippen LogP contribution is -2.53. The van der Waals surface area contributed by atoms with Gasteiger partial charge in [0.05, 0.1) is 5.75 Å². The third-order valence-electron chi connectivity index (χ3n) is 2.39. The molecular weight excluding hydrogens is 216 g/mol. The molecule has 1 aliphatic rings. The van der Waals surface area contributed by atoms with Crippen LogP contribution in [0.1, 0.15) is 13.8 Å². The van der Waals surface area contributed by atoms with Gasteiger partial charge >= 0.3 is 0 Å². The molecule has 1 saturated heterocycles. The van der Waals surface area contributed by atoms with Crippen LogP contribution in [0.4, 0.5) is 0 Å². The van der Waals surface area contributed by atoms with Gasteiger partial charge in [-0.25, -0.2) is 8.42 Å². The van der Waals surface area contributed by atoms with Crippen molar-refractivity contribution in [2.75, 3.05) is 25.9 Å². The van der Waals surface area contributed by atoms with E-state index in [4.69, 9.17) is 0 Å². The Labute approximate surface area is 90.7 Å². The normalized spacial score (nSPS) is 26.5. The van der Waals surface area contributed by atoms with Gasteiger partial charge in [-0.05, 0) is 20.9 Å². The van der Waals surface area contributed by atoms with Crippen molar-refractivity contribution in [3.63, 3.8) is 0 Å². The summed E-state index contributed by atoms with van der Waals surface area (Å²) in [5, 5.41) is 1.74. The third kappa shape index (κ3) is 3.17. The molecule has 1 amide bonds. The highest BCUT2D eigenvalue weighted by Gasteiger charge is 2.37. The van der Waals surface area contributed by atoms with Crippen molar-refractivity contribution in [1.82, 2.24) is 10.2 Å². The first-order chi connectivity index (χ1) is 6.83. The van der Waals surface area contributed by atoms with Crippen LogP contribution in [0.2, 0.25) is 0 Å². The third-order valence-corrected chi connectivity index (χ3v) is 4.37. The summed E-state index contributed by atoms with van der Waals surface area (Å²) < 4.78 is 23.3. The van der Waals surface area contributed by atoms with Crippen molar-refractivity contribution >= 4 is 15.7 Å². The van der Waals surface area contributed by atoms with E-state index in [0.717, 1.165) is 0 Å². The van der Waals surface area contributed by atoms with Crippen LogP contribution in [0, 0.1) is 0 Å². The number of rotatable bonds is 2. The average Bonchev–Trinajstić information content (AvgIpc) is 2.08. The lowest BCUT2D eigenvalue weighted by Gasteiger charge is -2.29. The number of hydrogen-bond acceptors (Lipinski definition) is 4. The molecule has 1 atom stereocenters. The Morgan fingerprint density at radius 2 is 2.07 bits per heavy atom. The predicted octanol–water partition coefficient (Wildman–Crippen LogP) is -0.760. The van der Waals surface area contributed by atoms with E-state index in [1.54, 1.807) is 0 Å². The summed E-state index contributed by atoms with van der Waals surface area (Å²) in [5.41, 5.74) is 0. The Balaban J connectivity index is 2.77. The van der Waals surface area contributed by atoms with E-state index in [-0.39, 0.29) is 17.7 Å². The molecule has 0 aromatic heterocycles. The summed E-state index contributed by atoms with van der Waals surface area (Å²) in [6.45, 7) is 4.43. The van der Waals surface area contributed by atoms with Crippen molar-refractivity contribution in [1.29, 1.82) is 0 Å². The molecule has 88 valence electrons. The van der Waals surface area contributed by atoms with E-state index in [2.05, 4.69) is 5.32 Å². The van der Waals surface area contributed by atoms with Crippen LogP contribution in [0.25, 0.3) is 0 Å². The standard InChI is InChI=1S/C9H18N2O3S/c1-7(2)10-9(12)8-6-11(3)4-5-15(8,13)14/h7-8H,4-6H2,1-3H3,(H,10,12). The molecule has 1 N–H and O–H groups in total. The number of sulfone groups is 1. The number of nitrogens with zero attached hydrogens (tertiary/aromatic N) is 1. The summed E-state index contributed by atoms with van der Waals surface area (Å²) in [6, 6.07) is -0.0278. The van der Waals surface area contributed by atoms with Crippen LogP contribution in [-0.2, 0) is 14.6 Å². The van der Waals surface area contributed by atoms with Crippen LogP contribution in [0.3, 0.4) is 0 Å². The molecule has 5 nitrogen and oxygen atoms in total. The second-order valence-corrected chi connectivity index (χ2v) is 6.58. The Hall–Kier alpha value is -0.620. The van der Waals surface area contributed by atoms with Crippen molar-refractivity contribution < 1.29 is 13.2 Å². The van der Waals surface area contributed by atoms with Gasteiger partial charge in [0, 0.05) is 19.1 Å². The van der Waals surface area contributed by atoms with Gasteiger partial charge in [0.2, 0.25) is 5.91 Å². The van der Waals surface area contributed by atoms with Gasteiger partial charge in [-0.3, -0.25) is 4.79 Å². The molecule has 1 rings (SSSR count). The van der Waals surface area contributed by atoms with Gasteiger partial charge in [-0.1, -0.05) is 0 Å². The molecule has 0 bridgehead atoms. The first-order valence-electron chi connectivity index (χ1n) is 5.03. The zero-order valence-electron chi connectivity index (χ0n) is 9.36. The van der Waals surface area contributed by atoms with E-state index < -0.39 is 15.1 Å². The number of carbonyl (C=O) groups is 1. The van der Waals surface area contributed by atoms with E-state index in [9.17, 15) is 13.2 Å². The fourth-order valence-electron chi connectivity index (χ4n) is 1.54. The predicted molar refractivity (Wildman–Crippen MR) is 58.4 cm³/mol. The minimum Gasteiger partial charge on any atom is -0.353 e. The Bertz CT molecular complexity index is 337. The van der Waals surface area contributed by atoms with Crippen LogP contribution in [0.15, 0.2) is 0 Å². The summed E-state index contributed by atoms with van der Waals surface area (Å²) >= 11 is 0. The number of amides is 1. The summed E-state index contributed by atoms with van der Waals surface area (Å²) in [4.78, 5) is 13.5. The summed E-state index contributed by atoms with van der Waals surface area (Å²) in [5.74, 6) is -0.309. The highest BCUT2D eigenvalue weighted by Crippen LogP contribution is 2.11. The molecule has 15 heavy (non-hydrogen) atoms. The number of hydrogen-bond donors (Lipinski definition) is 1. The Morgan fingerprint density at radius 3 is 2.60 bits per heavy atom. The summed E-state index contributed by atoms with van der Waals surface area (Å²) in [6.07, 6.45) is 0. The molecule has 0 radical (unpaired) electrons. The lowest BCUT2D eigenvalue weighted by atomic mass is 10.3. The molecule has 1 unspecified atom stereocenters. The van der Waals surface area contributed by atoms with Crippen molar-refractivity contribution in [2.24, 2.45) is 0 Å². The van der Waals surface area contributed by atoms with Gasteiger partial charge < -0.3 is 10.2 Å². The van der Waals surface area contributed by atoms with Crippen molar-refractivity contribution in [2.45, 2.75) is 25.1 Å². The van der Waals surface area contributed by atoms with Crippen LogP contribution in [-0.4, -0.2) is 56.4 Å². The van der Waals surface area contributed by atoms with Gasteiger partial charge in [0.15, 0.2) is 15.1 Å². The fourth-order valence-corrected chi connectivity index (χ4v) is 3.26. The molecule has 0 spiro atoms. The van der Waals surface area contributed by atoms with Crippen molar-refractivity contribution in [3.05, 3.63) is 0 Å². The van der Waals surface area contributed by atoms with E-state index in [0.29, 0.717) is 13.1 Å². The van der Waals surface area contributed by atoms with Gasteiger partial charge in [-0.15, -0.1) is 0 Å². The topological polar surface area (TPSA) is 66.5 Å². The molecule has 1 heterocycles. The Kier molecular flexibility index (Phi) is 3.72. The molecule has 0 saturated carbocycles. The maximum Gasteiger partial charge on any atom is 0.239 e. The number of nitrogens with one attached hydrogen (secondary N) is 1. The molecule has 1 fully saturated rings. The SMILES string of the molecule is CC(C)NC(=O)C1CN(C)CCS1(=O)=O. The zero-order valence-corrected chi connectivity index (χ0v) is 10.2. The zero-order chi connectivity index (χ0) is 11.6. The monoisotopic (exact) mass is 234 g/mol. The largest absolute Gasteiger partial charge is 0.353 e. The van der Waals surface area contributed by atoms with Crippen LogP contribution in [0.5, 0.6) is 0 Å². The first kappa shape index (κ1) is 12.4. The highest BCUT2D eigenvalue weighted by molar-refractivity contribution is 7.92. The van der Waals surface area contributed by atoms with E-state index in [1.807, 2.05) is 25.8 Å². The second-order valence-electron chi connectivity index (χ2n) is 4.28. The smallest absolute Gasteiger partial charge is 0.239 e.